The van der Waals surface area contributed by atoms with Crippen LogP contribution in [0.15, 0.2) is 12.2 Å². The van der Waals surface area contributed by atoms with Gasteiger partial charge in [-0.25, -0.2) is 0 Å². The third-order valence-electron chi connectivity index (χ3n) is 5.19. The van der Waals surface area contributed by atoms with Gasteiger partial charge in [0.15, 0.2) is 6.29 Å². The van der Waals surface area contributed by atoms with E-state index < -0.39 is 0 Å². The van der Waals surface area contributed by atoms with Crippen LogP contribution in [0.2, 0.25) is 0 Å². The van der Waals surface area contributed by atoms with Crippen LogP contribution in [0.1, 0.15) is 32.1 Å². The van der Waals surface area contributed by atoms with Crippen LogP contribution in [0.4, 0.5) is 0 Å². The van der Waals surface area contributed by atoms with Crippen molar-refractivity contribution in [3.05, 3.63) is 12.2 Å². The lowest BCUT2D eigenvalue weighted by molar-refractivity contribution is -0.195. The molecule has 1 aliphatic heterocycles. The highest BCUT2D eigenvalue weighted by Gasteiger charge is 2.56. The summed E-state index contributed by atoms with van der Waals surface area (Å²) in [6.07, 6.45) is 9.73. The number of Topliss-reactive ketones (excluding diaryl/α,β-unsaturated/α-hetero) is 1. The quantitative estimate of drug-likeness (QED) is 0.703. The second kappa shape index (κ2) is 4.17. The largest absolute Gasteiger partial charge is 0.353 e. The molecule has 0 aromatic rings. The van der Waals surface area contributed by atoms with Crippen molar-refractivity contribution < 1.29 is 14.3 Å². The molecule has 3 heteroatoms. The summed E-state index contributed by atoms with van der Waals surface area (Å²) in [7, 11) is 0. The lowest BCUT2D eigenvalue weighted by Gasteiger charge is -2.28. The Kier molecular flexibility index (Phi) is 2.59. The van der Waals surface area contributed by atoms with Gasteiger partial charge in [-0.3, -0.25) is 4.79 Å². The molecule has 0 spiro atoms. The van der Waals surface area contributed by atoms with E-state index in [-0.39, 0.29) is 18.3 Å². The van der Waals surface area contributed by atoms with Crippen molar-refractivity contribution in [3.8, 4) is 0 Å². The Bertz CT molecular complexity index is 383. The van der Waals surface area contributed by atoms with Crippen molar-refractivity contribution in [2.45, 2.75) is 44.5 Å². The van der Waals surface area contributed by atoms with E-state index in [1.54, 1.807) is 0 Å². The molecule has 3 fully saturated rings. The van der Waals surface area contributed by atoms with Gasteiger partial charge >= 0.3 is 0 Å². The Balaban J connectivity index is 1.49. The maximum atomic E-state index is 12.1. The Morgan fingerprint density at radius 3 is 2.94 bits per heavy atom. The molecular weight excluding hydrogens is 228 g/mol. The minimum absolute atomic E-state index is 0.0570. The molecule has 2 saturated carbocycles. The van der Waals surface area contributed by atoms with E-state index in [9.17, 15) is 4.79 Å². The molecule has 0 amide bonds. The zero-order valence-corrected chi connectivity index (χ0v) is 10.6. The van der Waals surface area contributed by atoms with E-state index >= 15 is 0 Å². The molecule has 0 radical (unpaired) electrons. The van der Waals surface area contributed by atoms with E-state index in [4.69, 9.17) is 9.47 Å². The molecule has 4 aliphatic rings. The first kappa shape index (κ1) is 11.2. The van der Waals surface area contributed by atoms with Crippen LogP contribution in [-0.4, -0.2) is 24.8 Å². The fourth-order valence-electron chi connectivity index (χ4n) is 4.44. The smallest absolute Gasteiger partial charge is 0.157 e. The number of ketones is 1. The maximum absolute atomic E-state index is 12.1. The molecule has 1 saturated heterocycles. The summed E-state index contributed by atoms with van der Waals surface area (Å²) in [6.45, 7) is 0.811. The average molecular weight is 248 g/mol. The van der Waals surface area contributed by atoms with Crippen molar-refractivity contribution >= 4 is 5.78 Å². The molecule has 0 N–H and O–H groups in total. The summed E-state index contributed by atoms with van der Waals surface area (Å²) in [6, 6.07) is 0. The first-order valence-corrected chi connectivity index (χ1v) is 7.31. The number of carbonyl (C=O) groups excluding carboxylic acids is 1. The zero-order valence-electron chi connectivity index (χ0n) is 10.6. The molecule has 1 heterocycles. The van der Waals surface area contributed by atoms with Crippen molar-refractivity contribution in [2.24, 2.45) is 23.7 Å². The average Bonchev–Trinajstić information content (AvgIpc) is 2.99. The van der Waals surface area contributed by atoms with Gasteiger partial charge < -0.3 is 9.47 Å². The number of rotatable bonds is 2. The number of hydrogen-bond acceptors (Lipinski definition) is 3. The van der Waals surface area contributed by atoms with Gasteiger partial charge in [0.05, 0.1) is 6.10 Å². The molecule has 0 aromatic heterocycles. The topological polar surface area (TPSA) is 35.5 Å². The molecular formula is C15H20O3. The summed E-state index contributed by atoms with van der Waals surface area (Å²) in [5.41, 5.74) is 0. The normalized spacial score (nSPS) is 49.9. The highest BCUT2D eigenvalue weighted by Crippen LogP contribution is 2.54. The first-order chi connectivity index (χ1) is 8.83. The standard InChI is InChI=1S/C15H20O3/c16-11-7-9-4-5-10-8-12(15(11)14(9)10)18-13-3-1-2-6-17-13/h4-5,9-10,12-15H,1-3,6-8H2/t9-,10+,12-,13-,14+,15-/m0/s1. The monoisotopic (exact) mass is 248 g/mol. The minimum Gasteiger partial charge on any atom is -0.353 e. The van der Waals surface area contributed by atoms with Gasteiger partial charge in [-0.2, -0.15) is 0 Å². The van der Waals surface area contributed by atoms with Crippen LogP contribution in [0.3, 0.4) is 0 Å². The molecule has 0 aromatic carbocycles. The fraction of sp³-hybridized carbons (Fsp3) is 0.800. The number of ether oxygens (including phenoxy) is 2. The van der Waals surface area contributed by atoms with Gasteiger partial charge in [-0.1, -0.05) is 12.2 Å². The summed E-state index contributed by atoms with van der Waals surface area (Å²) in [4.78, 5) is 12.1. The van der Waals surface area contributed by atoms with Crippen LogP contribution in [0.5, 0.6) is 0 Å². The molecule has 0 unspecified atom stereocenters. The van der Waals surface area contributed by atoms with E-state index in [0.717, 1.165) is 32.3 Å². The molecule has 98 valence electrons. The van der Waals surface area contributed by atoms with Crippen LogP contribution >= 0.6 is 0 Å². The Morgan fingerprint density at radius 2 is 2.11 bits per heavy atom. The predicted molar refractivity (Wildman–Crippen MR) is 65.8 cm³/mol. The van der Waals surface area contributed by atoms with Gasteiger partial charge in [-0.15, -0.1) is 0 Å². The molecule has 3 aliphatic carbocycles. The highest BCUT2D eigenvalue weighted by atomic mass is 16.7. The summed E-state index contributed by atoms with van der Waals surface area (Å²) < 4.78 is 11.8. The number of hydrogen-bond donors (Lipinski definition) is 0. The molecule has 3 nitrogen and oxygen atoms in total. The molecule has 4 rings (SSSR count). The first-order valence-electron chi connectivity index (χ1n) is 7.31. The van der Waals surface area contributed by atoms with Crippen LogP contribution in [-0.2, 0) is 14.3 Å². The van der Waals surface area contributed by atoms with Gasteiger partial charge in [0.1, 0.15) is 5.78 Å². The van der Waals surface area contributed by atoms with E-state index in [0.29, 0.717) is 23.5 Å². The van der Waals surface area contributed by atoms with E-state index in [1.807, 2.05) is 0 Å². The highest BCUT2D eigenvalue weighted by molar-refractivity contribution is 5.85. The van der Waals surface area contributed by atoms with Crippen molar-refractivity contribution in [1.82, 2.24) is 0 Å². The predicted octanol–water partition coefficient (Wildman–Crippen LogP) is 2.31. The third kappa shape index (κ3) is 1.60. The molecule has 6 atom stereocenters. The van der Waals surface area contributed by atoms with Crippen LogP contribution in [0, 0.1) is 23.7 Å². The van der Waals surface area contributed by atoms with Gasteiger partial charge in [-0.05, 0) is 43.4 Å². The second-order valence-corrected chi connectivity index (χ2v) is 6.19. The Labute approximate surface area is 108 Å². The van der Waals surface area contributed by atoms with E-state index in [2.05, 4.69) is 12.2 Å². The Hall–Kier alpha value is -0.670. The molecule has 18 heavy (non-hydrogen) atoms. The van der Waals surface area contributed by atoms with Gasteiger partial charge in [0, 0.05) is 18.9 Å². The van der Waals surface area contributed by atoms with Gasteiger partial charge in [0.2, 0.25) is 0 Å². The summed E-state index contributed by atoms with van der Waals surface area (Å²) >= 11 is 0. The van der Waals surface area contributed by atoms with Crippen LogP contribution < -0.4 is 0 Å². The zero-order chi connectivity index (χ0) is 12.1. The molecule has 0 bridgehead atoms. The van der Waals surface area contributed by atoms with Crippen molar-refractivity contribution in [3.63, 3.8) is 0 Å². The van der Waals surface area contributed by atoms with Crippen molar-refractivity contribution in [2.75, 3.05) is 6.61 Å². The lowest BCUT2D eigenvalue weighted by atomic mass is 9.91. The van der Waals surface area contributed by atoms with Crippen molar-refractivity contribution in [1.29, 1.82) is 0 Å². The third-order valence-corrected chi connectivity index (χ3v) is 5.19. The summed E-state index contributed by atoms with van der Waals surface area (Å²) in [5, 5.41) is 0. The summed E-state index contributed by atoms with van der Waals surface area (Å²) in [5.74, 6) is 2.22. The lowest BCUT2D eigenvalue weighted by Crippen LogP contribution is -2.32. The fourth-order valence-corrected chi connectivity index (χ4v) is 4.44. The second-order valence-electron chi connectivity index (χ2n) is 6.19. The van der Waals surface area contributed by atoms with Crippen LogP contribution in [0.25, 0.3) is 0 Å². The SMILES string of the molecule is O=C1C[C@@H]2C=C[C@@H]3C[C@H](O[C@H]4CCCCO4)[C@H]1[C@@H]32. The minimum atomic E-state index is -0.0570. The van der Waals surface area contributed by atoms with Gasteiger partial charge in [0.25, 0.3) is 0 Å². The Morgan fingerprint density at radius 1 is 1.22 bits per heavy atom. The van der Waals surface area contributed by atoms with E-state index in [1.165, 1.54) is 6.42 Å². The maximum Gasteiger partial charge on any atom is 0.157 e. The number of allylic oxidation sites excluding steroid dienone is 2. The number of carbonyl (C=O) groups is 1.